The van der Waals surface area contributed by atoms with Crippen molar-refractivity contribution in [3.8, 4) is 23.0 Å². The predicted octanol–water partition coefficient (Wildman–Crippen LogP) is 3.31. The molecule has 0 spiro atoms. The van der Waals surface area contributed by atoms with Crippen molar-refractivity contribution in [1.29, 1.82) is 0 Å². The molecule has 2 aromatic rings. The van der Waals surface area contributed by atoms with Gasteiger partial charge in [0.2, 0.25) is 5.91 Å². The van der Waals surface area contributed by atoms with Crippen molar-refractivity contribution >= 4 is 27.5 Å². The highest BCUT2D eigenvalue weighted by Crippen LogP contribution is 2.38. The number of nitrogens with zero attached hydrogens (tertiary/aromatic N) is 1. The van der Waals surface area contributed by atoms with Crippen molar-refractivity contribution in [3.63, 3.8) is 0 Å². The number of rotatable bonds is 7. The van der Waals surface area contributed by atoms with Crippen LogP contribution in [-0.4, -0.2) is 51.8 Å². The highest BCUT2D eigenvalue weighted by Gasteiger charge is 2.17. The van der Waals surface area contributed by atoms with Crippen LogP contribution in [0.2, 0.25) is 0 Å². The first-order chi connectivity index (χ1) is 13.5. The Bertz CT molecular complexity index is 859. The van der Waals surface area contributed by atoms with E-state index in [-0.39, 0.29) is 12.5 Å². The summed E-state index contributed by atoms with van der Waals surface area (Å²) in [6, 6.07) is 9.29. The Kier molecular flexibility index (Phi) is 6.64. The molecule has 0 aromatic heterocycles. The summed E-state index contributed by atoms with van der Waals surface area (Å²) in [5, 5.41) is 2.91. The Morgan fingerprint density at radius 3 is 2.46 bits per heavy atom. The Balaban J connectivity index is 1.60. The Hall–Kier alpha value is -2.45. The molecule has 2 aromatic carbocycles. The van der Waals surface area contributed by atoms with Crippen LogP contribution in [0.25, 0.3) is 0 Å². The highest BCUT2D eigenvalue weighted by atomic mass is 79.9. The number of nitrogens with one attached hydrogen (secondary N) is 1. The molecule has 1 aliphatic rings. The lowest BCUT2D eigenvalue weighted by Gasteiger charge is -2.21. The summed E-state index contributed by atoms with van der Waals surface area (Å²) < 4.78 is 22.4. The smallest absolute Gasteiger partial charge is 0.238 e. The summed E-state index contributed by atoms with van der Waals surface area (Å²) in [6.45, 7) is 1.84. The van der Waals surface area contributed by atoms with Gasteiger partial charge in [0.1, 0.15) is 13.2 Å². The van der Waals surface area contributed by atoms with Crippen LogP contribution in [0.3, 0.4) is 0 Å². The second-order valence-corrected chi connectivity index (χ2v) is 7.24. The van der Waals surface area contributed by atoms with Gasteiger partial charge in [0.25, 0.3) is 0 Å². The fourth-order valence-electron chi connectivity index (χ4n) is 2.94. The molecule has 0 fully saturated rings. The Morgan fingerprint density at radius 1 is 1.11 bits per heavy atom. The quantitative estimate of drug-likeness (QED) is 0.697. The van der Waals surface area contributed by atoms with Crippen LogP contribution in [0.5, 0.6) is 23.0 Å². The fourth-order valence-corrected chi connectivity index (χ4v) is 3.36. The number of amides is 1. The third-order valence-electron chi connectivity index (χ3n) is 4.22. The lowest BCUT2D eigenvalue weighted by molar-refractivity contribution is -0.117. The maximum Gasteiger partial charge on any atom is 0.238 e. The van der Waals surface area contributed by atoms with Gasteiger partial charge in [-0.2, -0.15) is 0 Å². The van der Waals surface area contributed by atoms with Crippen LogP contribution >= 0.6 is 15.9 Å². The molecule has 3 rings (SSSR count). The van der Waals surface area contributed by atoms with Crippen LogP contribution in [0.4, 0.5) is 5.69 Å². The van der Waals surface area contributed by atoms with Crippen molar-refractivity contribution in [2.45, 2.75) is 6.54 Å². The molecule has 1 aliphatic heterocycles. The summed E-state index contributed by atoms with van der Waals surface area (Å²) in [7, 11) is 5.09. The molecule has 0 radical (unpaired) electrons. The number of methoxy groups -OCH3 is 2. The number of fused-ring (bicyclic) bond motifs is 1. The molecule has 8 heteroatoms. The van der Waals surface area contributed by atoms with Crippen molar-refractivity contribution in [2.75, 3.05) is 46.3 Å². The summed E-state index contributed by atoms with van der Waals surface area (Å²) >= 11 is 3.46. The van der Waals surface area contributed by atoms with Crippen molar-refractivity contribution in [2.24, 2.45) is 0 Å². The van der Waals surface area contributed by atoms with Crippen LogP contribution in [0, 0.1) is 0 Å². The van der Waals surface area contributed by atoms with Gasteiger partial charge in [-0.05, 0) is 40.7 Å². The van der Waals surface area contributed by atoms with Gasteiger partial charge >= 0.3 is 0 Å². The average molecular weight is 451 g/mol. The van der Waals surface area contributed by atoms with Gasteiger partial charge in [0.05, 0.1) is 26.5 Å². The van der Waals surface area contributed by atoms with E-state index in [1.807, 2.05) is 30.1 Å². The molecule has 0 unspecified atom stereocenters. The zero-order valence-electron chi connectivity index (χ0n) is 16.1. The number of hydrogen-bond donors (Lipinski definition) is 1. The van der Waals surface area contributed by atoms with E-state index in [4.69, 9.17) is 18.9 Å². The van der Waals surface area contributed by atoms with Gasteiger partial charge in [0.15, 0.2) is 23.0 Å². The average Bonchev–Trinajstić information content (AvgIpc) is 2.68. The lowest BCUT2D eigenvalue weighted by Crippen LogP contribution is -2.30. The molecule has 1 N–H and O–H groups in total. The van der Waals surface area contributed by atoms with Crippen LogP contribution in [0.1, 0.15) is 5.56 Å². The molecule has 28 heavy (non-hydrogen) atoms. The monoisotopic (exact) mass is 450 g/mol. The minimum atomic E-state index is -0.125. The third kappa shape index (κ3) is 4.88. The minimum Gasteiger partial charge on any atom is -0.493 e. The van der Waals surface area contributed by atoms with Gasteiger partial charge in [-0.3, -0.25) is 9.69 Å². The first-order valence-corrected chi connectivity index (χ1v) is 9.58. The van der Waals surface area contributed by atoms with Crippen LogP contribution in [0.15, 0.2) is 34.8 Å². The van der Waals surface area contributed by atoms with Gasteiger partial charge in [0, 0.05) is 23.2 Å². The topological polar surface area (TPSA) is 69.3 Å². The maximum absolute atomic E-state index is 12.5. The standard InChI is InChI=1S/C20H23BrN2O5/c1-23(11-13-4-5-16(25-2)17(8-13)26-3)12-20(24)22-15-10-19-18(9-14(15)21)27-6-7-28-19/h4-5,8-10H,6-7,11-12H2,1-3H3,(H,22,24). The molecule has 0 aliphatic carbocycles. The largest absolute Gasteiger partial charge is 0.493 e. The van der Waals surface area contributed by atoms with E-state index in [0.29, 0.717) is 48.4 Å². The van der Waals surface area contributed by atoms with E-state index < -0.39 is 0 Å². The van der Waals surface area contributed by atoms with Gasteiger partial charge in [-0.25, -0.2) is 0 Å². The third-order valence-corrected chi connectivity index (χ3v) is 4.88. The molecule has 7 nitrogen and oxygen atoms in total. The minimum absolute atomic E-state index is 0.125. The number of ether oxygens (including phenoxy) is 4. The number of likely N-dealkylation sites (N-methyl/N-ethyl adjacent to an activating group) is 1. The Labute approximate surface area is 172 Å². The molecule has 0 bridgehead atoms. The number of benzene rings is 2. The van der Waals surface area contributed by atoms with Crippen LogP contribution < -0.4 is 24.3 Å². The molecule has 0 saturated carbocycles. The number of hydrogen-bond acceptors (Lipinski definition) is 6. The summed E-state index contributed by atoms with van der Waals surface area (Å²) in [5.74, 6) is 2.51. The van der Waals surface area contributed by atoms with Crippen molar-refractivity contribution in [1.82, 2.24) is 4.90 Å². The summed E-state index contributed by atoms with van der Waals surface area (Å²) in [4.78, 5) is 14.4. The highest BCUT2D eigenvalue weighted by molar-refractivity contribution is 9.10. The van der Waals surface area contributed by atoms with Gasteiger partial charge in [-0.1, -0.05) is 6.07 Å². The molecular formula is C20H23BrN2O5. The number of carbonyl (C=O) groups is 1. The van der Waals surface area contributed by atoms with Crippen molar-refractivity contribution < 1.29 is 23.7 Å². The zero-order valence-corrected chi connectivity index (χ0v) is 17.7. The maximum atomic E-state index is 12.5. The van der Waals surface area contributed by atoms with Gasteiger partial charge < -0.3 is 24.3 Å². The second kappa shape index (κ2) is 9.16. The van der Waals surface area contributed by atoms with E-state index in [9.17, 15) is 4.79 Å². The summed E-state index contributed by atoms with van der Waals surface area (Å²) in [5.41, 5.74) is 1.67. The molecule has 0 saturated heterocycles. The van der Waals surface area contributed by atoms with E-state index in [0.717, 1.165) is 10.0 Å². The lowest BCUT2D eigenvalue weighted by atomic mass is 10.2. The molecule has 0 atom stereocenters. The Morgan fingerprint density at radius 2 is 1.79 bits per heavy atom. The first-order valence-electron chi connectivity index (χ1n) is 8.78. The first kappa shape index (κ1) is 20.3. The number of halogens is 1. The van der Waals surface area contributed by atoms with E-state index in [2.05, 4.69) is 21.2 Å². The molecule has 1 heterocycles. The molecule has 1 amide bonds. The molecule has 150 valence electrons. The van der Waals surface area contributed by atoms with E-state index in [1.165, 1.54) is 0 Å². The number of carbonyl (C=O) groups excluding carboxylic acids is 1. The fraction of sp³-hybridized carbons (Fsp3) is 0.350. The van der Waals surface area contributed by atoms with Gasteiger partial charge in [-0.15, -0.1) is 0 Å². The zero-order chi connectivity index (χ0) is 20.1. The predicted molar refractivity (Wildman–Crippen MR) is 110 cm³/mol. The second-order valence-electron chi connectivity index (χ2n) is 6.39. The SMILES string of the molecule is COc1ccc(CN(C)CC(=O)Nc2cc3c(cc2Br)OCCO3)cc1OC. The summed E-state index contributed by atoms with van der Waals surface area (Å²) in [6.07, 6.45) is 0. The van der Waals surface area contributed by atoms with E-state index >= 15 is 0 Å². The van der Waals surface area contributed by atoms with Crippen LogP contribution in [-0.2, 0) is 11.3 Å². The molecular weight excluding hydrogens is 428 g/mol. The number of anilines is 1. The van der Waals surface area contributed by atoms with Crippen molar-refractivity contribution in [3.05, 3.63) is 40.4 Å². The normalized spacial score (nSPS) is 12.6. The van der Waals surface area contributed by atoms with E-state index in [1.54, 1.807) is 26.4 Å².